The number of anilines is 1. The van der Waals surface area contributed by atoms with E-state index >= 15 is 0 Å². The van der Waals surface area contributed by atoms with Crippen molar-refractivity contribution in [3.05, 3.63) is 58.8 Å². The van der Waals surface area contributed by atoms with Crippen molar-refractivity contribution in [2.24, 2.45) is 0 Å². The predicted molar refractivity (Wildman–Crippen MR) is 84.0 cm³/mol. The van der Waals surface area contributed by atoms with Gasteiger partial charge in [0.05, 0.1) is 6.42 Å². The van der Waals surface area contributed by atoms with Crippen molar-refractivity contribution in [3.8, 4) is 11.5 Å². The average molecular weight is 359 g/mol. The molecule has 0 saturated carbocycles. The van der Waals surface area contributed by atoms with Crippen LogP contribution in [0.1, 0.15) is 5.56 Å². The average Bonchev–Trinajstić information content (AvgIpc) is 2.99. The van der Waals surface area contributed by atoms with Crippen LogP contribution in [-0.4, -0.2) is 21.1 Å². The third kappa shape index (κ3) is 3.37. The summed E-state index contributed by atoms with van der Waals surface area (Å²) >= 11 is 3.41. The quantitative estimate of drug-likeness (QED) is 0.774. The summed E-state index contributed by atoms with van der Waals surface area (Å²) in [5.41, 5.74) is 1.63. The first-order chi connectivity index (χ1) is 10.7. The highest BCUT2D eigenvalue weighted by atomic mass is 79.9. The van der Waals surface area contributed by atoms with E-state index in [9.17, 15) is 4.79 Å². The van der Waals surface area contributed by atoms with Gasteiger partial charge in [-0.2, -0.15) is 0 Å². The van der Waals surface area contributed by atoms with Crippen LogP contribution in [0.25, 0.3) is 11.5 Å². The Morgan fingerprint density at radius 1 is 1.14 bits per heavy atom. The van der Waals surface area contributed by atoms with Crippen molar-refractivity contribution in [1.29, 1.82) is 0 Å². The Balaban J connectivity index is 1.68. The summed E-state index contributed by atoms with van der Waals surface area (Å²) < 4.78 is 6.30. The Labute approximate surface area is 134 Å². The third-order valence-corrected chi connectivity index (χ3v) is 3.68. The van der Waals surface area contributed by atoms with Crippen molar-refractivity contribution in [2.45, 2.75) is 6.42 Å². The van der Waals surface area contributed by atoms with Crippen molar-refractivity contribution in [2.75, 3.05) is 5.32 Å². The molecule has 2 heterocycles. The molecule has 0 bridgehead atoms. The van der Waals surface area contributed by atoms with Crippen molar-refractivity contribution in [1.82, 2.24) is 15.2 Å². The molecule has 1 amide bonds. The van der Waals surface area contributed by atoms with E-state index in [0.29, 0.717) is 5.89 Å². The van der Waals surface area contributed by atoms with E-state index in [4.69, 9.17) is 4.42 Å². The zero-order chi connectivity index (χ0) is 15.4. The number of pyridine rings is 1. The van der Waals surface area contributed by atoms with Crippen molar-refractivity contribution >= 4 is 27.9 Å². The molecule has 0 radical (unpaired) electrons. The summed E-state index contributed by atoms with van der Waals surface area (Å²) in [7, 11) is 0. The fourth-order valence-corrected chi connectivity index (χ4v) is 2.29. The van der Waals surface area contributed by atoms with Crippen LogP contribution < -0.4 is 5.32 Å². The number of benzene rings is 1. The highest BCUT2D eigenvalue weighted by Crippen LogP contribution is 2.20. The molecule has 7 heteroatoms. The molecule has 110 valence electrons. The number of aromatic nitrogens is 3. The number of rotatable bonds is 4. The molecule has 0 aliphatic heterocycles. The van der Waals surface area contributed by atoms with E-state index in [0.717, 1.165) is 15.6 Å². The SMILES string of the molecule is O=C(Cc1ccccc1Br)Nc1nnc(-c2ccncc2)o1. The molecule has 3 rings (SSSR count). The molecule has 0 aliphatic carbocycles. The predicted octanol–water partition coefficient (Wildman–Crippen LogP) is 3.08. The normalized spacial score (nSPS) is 10.4. The molecule has 0 fully saturated rings. The lowest BCUT2D eigenvalue weighted by Crippen LogP contribution is -2.14. The summed E-state index contributed by atoms with van der Waals surface area (Å²) in [4.78, 5) is 15.9. The molecular formula is C15H11BrN4O2. The molecule has 2 aromatic heterocycles. The van der Waals surface area contributed by atoms with Gasteiger partial charge in [-0.1, -0.05) is 39.2 Å². The fourth-order valence-electron chi connectivity index (χ4n) is 1.86. The number of hydrogen-bond donors (Lipinski definition) is 1. The van der Waals surface area contributed by atoms with Gasteiger partial charge >= 0.3 is 6.01 Å². The molecule has 0 unspecified atom stereocenters. The van der Waals surface area contributed by atoms with Gasteiger partial charge in [0.15, 0.2) is 0 Å². The minimum Gasteiger partial charge on any atom is -0.403 e. The molecule has 1 aromatic carbocycles. The number of amides is 1. The van der Waals surface area contributed by atoms with E-state index in [2.05, 4.69) is 36.4 Å². The van der Waals surface area contributed by atoms with Crippen LogP contribution >= 0.6 is 15.9 Å². The largest absolute Gasteiger partial charge is 0.403 e. The topological polar surface area (TPSA) is 80.9 Å². The fraction of sp³-hybridized carbons (Fsp3) is 0.0667. The number of halogens is 1. The van der Waals surface area contributed by atoms with Gasteiger partial charge in [0.1, 0.15) is 0 Å². The van der Waals surface area contributed by atoms with E-state index in [-0.39, 0.29) is 18.3 Å². The zero-order valence-electron chi connectivity index (χ0n) is 11.4. The Morgan fingerprint density at radius 3 is 2.68 bits per heavy atom. The van der Waals surface area contributed by atoms with Crippen LogP contribution in [0.3, 0.4) is 0 Å². The second-order valence-electron chi connectivity index (χ2n) is 4.46. The number of hydrogen-bond acceptors (Lipinski definition) is 5. The molecule has 0 aliphatic rings. The van der Waals surface area contributed by atoms with Gasteiger partial charge in [0.25, 0.3) is 0 Å². The van der Waals surface area contributed by atoms with E-state index in [1.165, 1.54) is 0 Å². The summed E-state index contributed by atoms with van der Waals surface area (Å²) in [5.74, 6) is 0.107. The second-order valence-corrected chi connectivity index (χ2v) is 5.32. The molecule has 22 heavy (non-hydrogen) atoms. The van der Waals surface area contributed by atoms with Gasteiger partial charge in [-0.15, -0.1) is 5.10 Å². The Morgan fingerprint density at radius 2 is 1.91 bits per heavy atom. The van der Waals surface area contributed by atoms with E-state index in [1.807, 2.05) is 24.3 Å². The van der Waals surface area contributed by atoms with Crippen LogP contribution in [0.15, 0.2) is 57.7 Å². The maximum Gasteiger partial charge on any atom is 0.322 e. The molecule has 0 atom stereocenters. The number of carbonyl (C=O) groups excluding carboxylic acids is 1. The van der Waals surface area contributed by atoms with Gasteiger partial charge < -0.3 is 4.42 Å². The first-order valence-corrected chi connectivity index (χ1v) is 7.29. The number of carbonyl (C=O) groups is 1. The zero-order valence-corrected chi connectivity index (χ0v) is 12.9. The lowest BCUT2D eigenvalue weighted by molar-refractivity contribution is -0.115. The Kier molecular flexibility index (Phi) is 4.24. The first kappa shape index (κ1) is 14.4. The molecule has 0 spiro atoms. The first-order valence-electron chi connectivity index (χ1n) is 6.49. The number of nitrogens with one attached hydrogen (secondary N) is 1. The standard InChI is InChI=1S/C15H11BrN4O2/c16-12-4-2-1-3-11(12)9-13(21)18-15-20-19-14(22-15)10-5-7-17-8-6-10/h1-8H,9H2,(H,18,20,21). The number of nitrogens with zero attached hydrogens (tertiary/aromatic N) is 3. The smallest absolute Gasteiger partial charge is 0.322 e. The molecule has 1 N–H and O–H groups in total. The summed E-state index contributed by atoms with van der Waals surface area (Å²) in [6.45, 7) is 0. The van der Waals surface area contributed by atoms with E-state index < -0.39 is 0 Å². The monoisotopic (exact) mass is 358 g/mol. The second kappa shape index (κ2) is 6.48. The maximum absolute atomic E-state index is 12.0. The summed E-state index contributed by atoms with van der Waals surface area (Å²) in [6, 6.07) is 11.1. The van der Waals surface area contributed by atoms with Crippen molar-refractivity contribution < 1.29 is 9.21 Å². The highest BCUT2D eigenvalue weighted by Gasteiger charge is 2.12. The van der Waals surface area contributed by atoms with Crippen molar-refractivity contribution in [3.63, 3.8) is 0 Å². The minimum absolute atomic E-state index is 0.0730. The van der Waals surface area contributed by atoms with Crippen LogP contribution in [0.2, 0.25) is 0 Å². The summed E-state index contributed by atoms with van der Waals surface area (Å²) in [5, 5.41) is 10.3. The maximum atomic E-state index is 12.0. The van der Waals surface area contributed by atoms with Gasteiger partial charge in [-0.05, 0) is 23.8 Å². The van der Waals surface area contributed by atoms with Gasteiger partial charge in [0.2, 0.25) is 11.8 Å². The molecule has 3 aromatic rings. The Bertz CT molecular complexity index is 789. The molecule has 6 nitrogen and oxygen atoms in total. The van der Waals surface area contributed by atoms with Gasteiger partial charge in [-0.3, -0.25) is 15.1 Å². The van der Waals surface area contributed by atoms with Crippen LogP contribution in [-0.2, 0) is 11.2 Å². The molecular weight excluding hydrogens is 348 g/mol. The van der Waals surface area contributed by atoms with Crippen LogP contribution in [0.5, 0.6) is 0 Å². The van der Waals surface area contributed by atoms with Gasteiger partial charge in [0, 0.05) is 22.4 Å². The lowest BCUT2D eigenvalue weighted by atomic mass is 10.1. The minimum atomic E-state index is -0.225. The molecule has 0 saturated heterocycles. The van der Waals surface area contributed by atoms with E-state index in [1.54, 1.807) is 24.5 Å². The van der Waals surface area contributed by atoms with Crippen LogP contribution in [0.4, 0.5) is 6.01 Å². The Hall–Kier alpha value is -2.54. The third-order valence-electron chi connectivity index (χ3n) is 2.91. The highest BCUT2D eigenvalue weighted by molar-refractivity contribution is 9.10. The van der Waals surface area contributed by atoms with Gasteiger partial charge in [-0.25, -0.2) is 0 Å². The van der Waals surface area contributed by atoms with Crippen LogP contribution in [0, 0.1) is 0 Å². The lowest BCUT2D eigenvalue weighted by Gasteiger charge is -2.03. The summed E-state index contributed by atoms with van der Waals surface area (Å²) in [6.07, 6.45) is 3.48.